The van der Waals surface area contributed by atoms with Crippen LogP contribution >= 0.6 is 0 Å². The van der Waals surface area contributed by atoms with E-state index in [1.54, 1.807) is 14.2 Å². The Morgan fingerprint density at radius 3 is 1.23 bits per heavy atom. The highest BCUT2D eigenvalue weighted by Gasteiger charge is 2.45. The van der Waals surface area contributed by atoms with Gasteiger partial charge in [0.05, 0.1) is 0 Å². The van der Waals surface area contributed by atoms with Gasteiger partial charge in [-0.15, -0.1) is 0 Å². The second-order valence-corrected chi connectivity index (χ2v) is 5.53. The Hall–Kier alpha value is 0.0569. The lowest BCUT2D eigenvalue weighted by Crippen LogP contribution is -2.50. The molecule has 0 aromatic rings. The third kappa shape index (κ3) is 4.73. The predicted octanol–water partition coefficient (Wildman–Crippen LogP) is 1.56. The normalized spacial score (nSPS) is 12.9. The maximum Gasteiger partial charge on any atom is 0.679 e. The predicted molar refractivity (Wildman–Crippen MR) is 52.2 cm³/mol. The largest absolute Gasteiger partial charge is 0.679 e. The molecule has 0 rings (SSSR count). The summed E-state index contributed by atoms with van der Waals surface area (Å²) in [5, 5.41) is 0. The molecular weight excluding hydrogens is 188 g/mol. The topological polar surface area (TPSA) is 36.9 Å². The molecule has 0 saturated heterocycles. The van der Waals surface area contributed by atoms with Crippen LogP contribution in [0.3, 0.4) is 0 Å². The van der Waals surface area contributed by atoms with E-state index in [0.29, 0.717) is 0 Å². The van der Waals surface area contributed by atoms with E-state index in [1.165, 1.54) is 0 Å². The van der Waals surface area contributed by atoms with E-state index in [0.717, 1.165) is 0 Å². The van der Waals surface area contributed by atoms with Gasteiger partial charge in [-0.3, -0.25) is 0 Å². The highest BCUT2D eigenvalue weighted by atomic mass is 28.4. The minimum Gasteiger partial charge on any atom is -0.355 e. The zero-order valence-electron chi connectivity index (χ0n) is 9.29. The second kappa shape index (κ2) is 5.72. The van der Waals surface area contributed by atoms with Crippen LogP contribution in [0.1, 0.15) is 27.7 Å². The first-order chi connectivity index (χ1) is 5.95. The summed E-state index contributed by atoms with van der Waals surface area (Å²) in [5.41, 5.74) is 0. The quantitative estimate of drug-likeness (QED) is 0.621. The van der Waals surface area contributed by atoms with Crippen molar-refractivity contribution >= 4 is 9.05 Å². The smallest absolute Gasteiger partial charge is 0.355 e. The van der Waals surface area contributed by atoms with Gasteiger partial charge >= 0.3 is 9.05 Å². The van der Waals surface area contributed by atoms with E-state index in [-0.39, 0.29) is 12.2 Å². The van der Waals surface area contributed by atoms with Crippen LogP contribution in [0, 0.1) is 0 Å². The van der Waals surface area contributed by atoms with E-state index in [2.05, 4.69) is 0 Å². The molecule has 0 bridgehead atoms. The van der Waals surface area contributed by atoms with Crippen LogP contribution < -0.4 is 0 Å². The SMILES string of the molecule is CO[Si](OC)(OC(C)C)OC(C)C. The standard InChI is InChI=1S/C8H20O4Si/c1-7(2)11-13(9-5,10-6)12-8(3)4/h7-8H,1-6H3. The highest BCUT2D eigenvalue weighted by Crippen LogP contribution is 2.14. The molecular formula is C8H20O4Si. The summed E-state index contributed by atoms with van der Waals surface area (Å²) in [6.45, 7) is 7.68. The minimum absolute atomic E-state index is 0.0327. The Bertz CT molecular complexity index is 122. The van der Waals surface area contributed by atoms with Crippen LogP contribution in [0.15, 0.2) is 0 Å². The van der Waals surface area contributed by atoms with E-state index >= 15 is 0 Å². The molecule has 0 heterocycles. The van der Waals surface area contributed by atoms with Crippen molar-refractivity contribution in [1.82, 2.24) is 0 Å². The fourth-order valence-corrected chi connectivity index (χ4v) is 2.64. The Morgan fingerprint density at radius 2 is 1.08 bits per heavy atom. The molecule has 5 heteroatoms. The van der Waals surface area contributed by atoms with Crippen LogP contribution in [-0.4, -0.2) is 35.5 Å². The second-order valence-electron chi connectivity index (χ2n) is 3.24. The molecule has 0 saturated carbocycles. The van der Waals surface area contributed by atoms with Crippen molar-refractivity contribution in [2.75, 3.05) is 14.2 Å². The Labute approximate surface area is 81.6 Å². The van der Waals surface area contributed by atoms with Crippen molar-refractivity contribution in [3.63, 3.8) is 0 Å². The van der Waals surface area contributed by atoms with Crippen LogP contribution in [0.2, 0.25) is 0 Å². The van der Waals surface area contributed by atoms with Crippen LogP contribution in [0.4, 0.5) is 0 Å². The summed E-state index contributed by atoms with van der Waals surface area (Å²) in [6.07, 6.45) is 0.0654. The molecule has 0 fully saturated rings. The van der Waals surface area contributed by atoms with Crippen molar-refractivity contribution in [2.45, 2.75) is 39.9 Å². The maximum atomic E-state index is 5.52. The Morgan fingerprint density at radius 1 is 0.769 bits per heavy atom. The lowest BCUT2D eigenvalue weighted by atomic mass is 10.5. The van der Waals surface area contributed by atoms with Gasteiger partial charge in [0.1, 0.15) is 0 Å². The van der Waals surface area contributed by atoms with Crippen LogP contribution in [0.5, 0.6) is 0 Å². The summed E-state index contributed by atoms with van der Waals surface area (Å²) in [5.74, 6) is 0. The van der Waals surface area contributed by atoms with Crippen molar-refractivity contribution < 1.29 is 17.7 Å². The summed E-state index contributed by atoms with van der Waals surface area (Å²) >= 11 is 0. The molecule has 0 aliphatic heterocycles. The average Bonchev–Trinajstić information content (AvgIpc) is 2.01. The molecule has 0 amide bonds. The molecule has 0 aliphatic carbocycles. The molecule has 0 N–H and O–H groups in total. The van der Waals surface area contributed by atoms with Gasteiger partial charge < -0.3 is 17.7 Å². The zero-order chi connectivity index (χ0) is 10.5. The molecule has 0 unspecified atom stereocenters. The molecule has 0 spiro atoms. The molecule has 13 heavy (non-hydrogen) atoms. The molecule has 0 aromatic carbocycles. The number of rotatable bonds is 6. The molecule has 4 nitrogen and oxygen atoms in total. The number of hydrogen-bond acceptors (Lipinski definition) is 4. The first-order valence-corrected chi connectivity index (χ1v) is 6.05. The molecule has 0 aliphatic rings. The van der Waals surface area contributed by atoms with Crippen molar-refractivity contribution in [1.29, 1.82) is 0 Å². The minimum atomic E-state index is -2.87. The van der Waals surface area contributed by atoms with Crippen molar-refractivity contribution in [3.05, 3.63) is 0 Å². The van der Waals surface area contributed by atoms with Gasteiger partial charge in [0.15, 0.2) is 0 Å². The van der Waals surface area contributed by atoms with Crippen molar-refractivity contribution in [3.8, 4) is 0 Å². The Balaban J connectivity index is 4.30. The maximum absolute atomic E-state index is 5.52. The lowest BCUT2D eigenvalue weighted by Gasteiger charge is -2.28. The molecule has 0 atom stereocenters. The summed E-state index contributed by atoms with van der Waals surface area (Å²) in [6, 6.07) is 0. The van der Waals surface area contributed by atoms with Gasteiger partial charge in [-0.25, -0.2) is 0 Å². The summed E-state index contributed by atoms with van der Waals surface area (Å²) < 4.78 is 21.4. The highest BCUT2D eigenvalue weighted by molar-refractivity contribution is 6.53. The van der Waals surface area contributed by atoms with Gasteiger partial charge in [-0.1, -0.05) is 0 Å². The van der Waals surface area contributed by atoms with E-state index in [9.17, 15) is 0 Å². The van der Waals surface area contributed by atoms with Crippen molar-refractivity contribution in [2.24, 2.45) is 0 Å². The van der Waals surface area contributed by atoms with Gasteiger partial charge in [0.2, 0.25) is 0 Å². The zero-order valence-corrected chi connectivity index (χ0v) is 10.3. The average molecular weight is 208 g/mol. The summed E-state index contributed by atoms with van der Waals surface area (Å²) in [7, 11) is 0.215. The van der Waals surface area contributed by atoms with E-state index < -0.39 is 9.05 Å². The fourth-order valence-electron chi connectivity index (χ4n) is 0.881. The fraction of sp³-hybridized carbons (Fsp3) is 1.00. The lowest BCUT2D eigenvalue weighted by molar-refractivity contribution is -0.0410. The summed E-state index contributed by atoms with van der Waals surface area (Å²) in [4.78, 5) is 0. The van der Waals surface area contributed by atoms with Gasteiger partial charge in [0, 0.05) is 26.4 Å². The third-order valence-corrected chi connectivity index (χ3v) is 3.78. The monoisotopic (exact) mass is 208 g/mol. The first kappa shape index (κ1) is 13.1. The number of hydrogen-bond donors (Lipinski definition) is 0. The van der Waals surface area contributed by atoms with Gasteiger partial charge in [-0.05, 0) is 27.7 Å². The van der Waals surface area contributed by atoms with Crippen LogP contribution in [-0.2, 0) is 17.7 Å². The van der Waals surface area contributed by atoms with Crippen LogP contribution in [0.25, 0.3) is 0 Å². The Kier molecular flexibility index (Phi) is 5.74. The molecule has 80 valence electrons. The van der Waals surface area contributed by atoms with E-state index in [1.807, 2.05) is 27.7 Å². The first-order valence-electron chi connectivity index (χ1n) is 4.41. The van der Waals surface area contributed by atoms with Gasteiger partial charge in [-0.2, -0.15) is 0 Å². The van der Waals surface area contributed by atoms with Gasteiger partial charge in [0.25, 0.3) is 0 Å². The molecule has 0 aromatic heterocycles. The molecule has 0 radical (unpaired) electrons. The third-order valence-electron chi connectivity index (χ3n) is 1.26. The van der Waals surface area contributed by atoms with E-state index in [4.69, 9.17) is 17.7 Å².